The summed E-state index contributed by atoms with van der Waals surface area (Å²) in [6.07, 6.45) is 9.57. The maximum atomic E-state index is 4.78. The van der Waals surface area contributed by atoms with E-state index in [1.807, 2.05) is 12.3 Å². The van der Waals surface area contributed by atoms with Crippen LogP contribution in [0.5, 0.6) is 0 Å². The molecular formula is C11H18N2S. The third-order valence-corrected chi connectivity index (χ3v) is 2.52. The van der Waals surface area contributed by atoms with Crippen molar-refractivity contribution in [1.29, 1.82) is 0 Å². The van der Waals surface area contributed by atoms with Crippen LogP contribution in [-0.4, -0.2) is 15.3 Å². The summed E-state index contributed by atoms with van der Waals surface area (Å²) in [5.74, 6) is 0. The SMILES string of the molecule is CCCCCCCc1ccn(C=S)n1. The highest BCUT2D eigenvalue weighted by atomic mass is 32.1. The largest absolute Gasteiger partial charge is 0.237 e. The quantitative estimate of drug-likeness (QED) is 0.508. The van der Waals surface area contributed by atoms with Crippen molar-refractivity contribution < 1.29 is 0 Å². The zero-order chi connectivity index (χ0) is 10.2. The molecule has 78 valence electrons. The van der Waals surface area contributed by atoms with Crippen LogP contribution < -0.4 is 0 Å². The number of hydrogen-bond donors (Lipinski definition) is 0. The van der Waals surface area contributed by atoms with Crippen molar-refractivity contribution in [3.05, 3.63) is 18.0 Å². The predicted molar refractivity (Wildman–Crippen MR) is 63.7 cm³/mol. The minimum atomic E-state index is 1.08. The zero-order valence-corrected chi connectivity index (χ0v) is 9.59. The fraction of sp³-hybridized carbons (Fsp3) is 0.636. The topological polar surface area (TPSA) is 17.8 Å². The van der Waals surface area contributed by atoms with Gasteiger partial charge in [-0.25, -0.2) is 4.68 Å². The highest BCUT2D eigenvalue weighted by Crippen LogP contribution is 2.06. The standard InChI is InChI=1S/C11H18N2S/c1-2-3-4-5-6-7-11-8-9-13(10-14)12-11/h8-10H,2-7H2,1H3. The van der Waals surface area contributed by atoms with E-state index >= 15 is 0 Å². The van der Waals surface area contributed by atoms with Crippen molar-refractivity contribution in [2.45, 2.75) is 45.4 Å². The zero-order valence-electron chi connectivity index (χ0n) is 8.78. The Bertz CT molecular complexity index is 268. The Labute approximate surface area is 91.3 Å². The molecule has 1 aromatic rings. The molecule has 0 atom stereocenters. The lowest BCUT2D eigenvalue weighted by Crippen LogP contribution is -1.95. The molecule has 0 bridgehead atoms. The molecule has 14 heavy (non-hydrogen) atoms. The summed E-state index contributed by atoms with van der Waals surface area (Å²) in [4.78, 5) is 0. The summed E-state index contributed by atoms with van der Waals surface area (Å²) in [7, 11) is 0. The van der Waals surface area contributed by atoms with Crippen molar-refractivity contribution in [3.8, 4) is 0 Å². The first-order valence-corrected chi connectivity index (χ1v) is 5.83. The normalized spacial score (nSPS) is 10.4. The van der Waals surface area contributed by atoms with Gasteiger partial charge in [-0.05, 0) is 18.9 Å². The Balaban J connectivity index is 2.14. The van der Waals surface area contributed by atoms with Crippen molar-refractivity contribution in [3.63, 3.8) is 0 Å². The van der Waals surface area contributed by atoms with Crippen molar-refractivity contribution in [2.75, 3.05) is 0 Å². The Hall–Kier alpha value is -0.700. The van der Waals surface area contributed by atoms with Crippen LogP contribution in [0.4, 0.5) is 0 Å². The van der Waals surface area contributed by atoms with E-state index in [2.05, 4.69) is 12.0 Å². The van der Waals surface area contributed by atoms with E-state index in [-0.39, 0.29) is 0 Å². The first kappa shape index (κ1) is 11.4. The molecule has 0 aliphatic heterocycles. The van der Waals surface area contributed by atoms with E-state index in [4.69, 9.17) is 12.2 Å². The third-order valence-electron chi connectivity index (χ3n) is 2.31. The van der Waals surface area contributed by atoms with Crippen LogP contribution in [0.1, 0.15) is 44.7 Å². The van der Waals surface area contributed by atoms with Gasteiger partial charge >= 0.3 is 0 Å². The fourth-order valence-electron chi connectivity index (χ4n) is 1.48. The molecule has 0 unspecified atom stereocenters. The van der Waals surface area contributed by atoms with Crippen LogP contribution >= 0.6 is 12.2 Å². The minimum absolute atomic E-state index is 1.08. The summed E-state index contributed by atoms with van der Waals surface area (Å²) < 4.78 is 1.69. The second-order valence-corrected chi connectivity index (χ2v) is 3.77. The summed E-state index contributed by atoms with van der Waals surface area (Å²) in [6.45, 7) is 2.24. The van der Waals surface area contributed by atoms with Gasteiger partial charge in [0.1, 0.15) is 0 Å². The van der Waals surface area contributed by atoms with Gasteiger partial charge < -0.3 is 0 Å². The lowest BCUT2D eigenvalue weighted by atomic mass is 10.1. The maximum absolute atomic E-state index is 4.78. The predicted octanol–water partition coefficient (Wildman–Crippen LogP) is 3.20. The second kappa shape index (κ2) is 6.71. The number of rotatable bonds is 7. The minimum Gasteiger partial charge on any atom is -0.237 e. The van der Waals surface area contributed by atoms with Crippen molar-refractivity contribution in [2.24, 2.45) is 0 Å². The van der Waals surface area contributed by atoms with Crippen LogP contribution in [0.25, 0.3) is 0 Å². The molecule has 0 spiro atoms. The molecule has 0 aromatic carbocycles. The molecule has 0 aliphatic rings. The molecule has 0 amide bonds. The van der Waals surface area contributed by atoms with Gasteiger partial charge in [0, 0.05) is 6.20 Å². The number of unbranched alkanes of at least 4 members (excludes halogenated alkanes) is 4. The summed E-state index contributed by atoms with van der Waals surface area (Å²) in [5, 5.41) is 4.30. The Morgan fingerprint density at radius 2 is 2.14 bits per heavy atom. The molecule has 3 heteroatoms. The smallest absolute Gasteiger partial charge is 0.0913 e. The average molecular weight is 210 g/mol. The number of thiocarbonyl (C=S) groups is 1. The van der Waals surface area contributed by atoms with Crippen molar-refractivity contribution >= 4 is 17.7 Å². The van der Waals surface area contributed by atoms with E-state index in [0.29, 0.717) is 0 Å². The van der Waals surface area contributed by atoms with Gasteiger partial charge in [-0.2, -0.15) is 5.10 Å². The Morgan fingerprint density at radius 1 is 1.36 bits per heavy atom. The first-order valence-electron chi connectivity index (χ1n) is 5.36. The fourth-order valence-corrected chi connectivity index (χ4v) is 1.60. The molecule has 0 N–H and O–H groups in total. The molecule has 0 saturated heterocycles. The third kappa shape index (κ3) is 4.01. The van der Waals surface area contributed by atoms with Gasteiger partial charge in [-0.1, -0.05) is 44.8 Å². The lowest BCUT2D eigenvalue weighted by molar-refractivity contribution is 0.626. The molecule has 2 nitrogen and oxygen atoms in total. The van der Waals surface area contributed by atoms with E-state index in [1.165, 1.54) is 32.1 Å². The molecular weight excluding hydrogens is 192 g/mol. The molecule has 0 saturated carbocycles. The number of hydrogen-bond acceptors (Lipinski definition) is 2. The van der Waals surface area contributed by atoms with Gasteiger partial charge in [-0.3, -0.25) is 0 Å². The Morgan fingerprint density at radius 3 is 2.79 bits per heavy atom. The van der Waals surface area contributed by atoms with Gasteiger partial charge in [0.05, 0.1) is 11.2 Å². The number of aryl methyl sites for hydroxylation is 1. The van der Waals surface area contributed by atoms with Gasteiger partial charge in [0.25, 0.3) is 0 Å². The average Bonchev–Trinajstić information content (AvgIpc) is 2.65. The van der Waals surface area contributed by atoms with Crippen molar-refractivity contribution in [1.82, 2.24) is 9.78 Å². The van der Waals surface area contributed by atoms with Crippen LogP contribution in [0.15, 0.2) is 12.3 Å². The molecule has 0 fully saturated rings. The lowest BCUT2D eigenvalue weighted by Gasteiger charge is -1.97. The first-order chi connectivity index (χ1) is 6.86. The summed E-state index contributed by atoms with van der Waals surface area (Å²) in [6, 6.07) is 2.04. The summed E-state index contributed by atoms with van der Waals surface area (Å²) >= 11 is 4.78. The molecule has 1 aromatic heterocycles. The van der Waals surface area contributed by atoms with E-state index in [0.717, 1.165) is 12.1 Å². The maximum Gasteiger partial charge on any atom is 0.0913 e. The Kier molecular flexibility index (Phi) is 5.45. The van der Waals surface area contributed by atoms with Gasteiger partial charge in [-0.15, -0.1) is 0 Å². The molecule has 0 radical (unpaired) electrons. The van der Waals surface area contributed by atoms with E-state index in [1.54, 1.807) is 10.2 Å². The number of nitrogens with zero attached hydrogens (tertiary/aromatic N) is 2. The highest BCUT2D eigenvalue weighted by Gasteiger charge is 1.96. The van der Waals surface area contributed by atoms with E-state index in [9.17, 15) is 0 Å². The van der Waals surface area contributed by atoms with E-state index < -0.39 is 0 Å². The van der Waals surface area contributed by atoms with Crippen LogP contribution in [0.3, 0.4) is 0 Å². The van der Waals surface area contributed by atoms with Crippen LogP contribution in [-0.2, 0) is 6.42 Å². The number of aromatic nitrogens is 2. The molecule has 1 heterocycles. The summed E-state index contributed by atoms with van der Waals surface area (Å²) in [5.41, 5.74) is 2.71. The molecule has 1 rings (SSSR count). The molecule has 0 aliphatic carbocycles. The van der Waals surface area contributed by atoms with Crippen LogP contribution in [0.2, 0.25) is 0 Å². The van der Waals surface area contributed by atoms with Crippen LogP contribution in [0, 0.1) is 0 Å². The van der Waals surface area contributed by atoms with Gasteiger partial charge in [0.2, 0.25) is 0 Å². The second-order valence-electron chi connectivity index (χ2n) is 3.56. The highest BCUT2D eigenvalue weighted by molar-refractivity contribution is 7.78. The monoisotopic (exact) mass is 210 g/mol. The van der Waals surface area contributed by atoms with Gasteiger partial charge in [0.15, 0.2) is 0 Å².